The van der Waals surface area contributed by atoms with Crippen molar-refractivity contribution in [1.82, 2.24) is 9.97 Å². The first-order chi connectivity index (χ1) is 15.5. The Morgan fingerprint density at radius 3 is 2.59 bits per heavy atom. The van der Waals surface area contributed by atoms with Crippen LogP contribution in [0.25, 0.3) is 11.1 Å². The highest BCUT2D eigenvalue weighted by Crippen LogP contribution is 2.32. The summed E-state index contributed by atoms with van der Waals surface area (Å²) < 4.78 is 16.6. The number of rotatable bonds is 7. The number of fused-ring (bicyclic) bond motifs is 1. The van der Waals surface area contributed by atoms with E-state index in [9.17, 15) is 4.79 Å². The van der Waals surface area contributed by atoms with Crippen molar-refractivity contribution < 1.29 is 18.7 Å². The van der Waals surface area contributed by atoms with Crippen molar-refractivity contribution in [2.24, 2.45) is 0 Å². The number of hydrogen-bond donors (Lipinski definition) is 1. The average molecular weight is 472 g/mol. The Morgan fingerprint density at radius 1 is 1.09 bits per heavy atom. The lowest BCUT2D eigenvalue weighted by Gasteiger charge is -2.10. The zero-order chi connectivity index (χ0) is 22.7. The minimum atomic E-state index is -0.479. The summed E-state index contributed by atoms with van der Waals surface area (Å²) in [6.07, 6.45) is 1.37. The van der Waals surface area contributed by atoms with Gasteiger partial charge >= 0.3 is 5.97 Å². The Hall–Kier alpha value is -3.29. The third-order valence-electron chi connectivity index (χ3n) is 4.65. The van der Waals surface area contributed by atoms with Crippen LogP contribution >= 0.6 is 23.2 Å². The van der Waals surface area contributed by atoms with Gasteiger partial charge in [-0.3, -0.25) is 0 Å². The summed E-state index contributed by atoms with van der Waals surface area (Å²) in [6, 6.07) is 12.7. The van der Waals surface area contributed by atoms with Gasteiger partial charge in [-0.15, -0.1) is 0 Å². The van der Waals surface area contributed by atoms with E-state index in [0.29, 0.717) is 50.6 Å². The second kappa shape index (κ2) is 9.46. The highest BCUT2D eigenvalue weighted by molar-refractivity contribution is 6.42. The second-order valence-electron chi connectivity index (χ2n) is 6.84. The largest absolute Gasteiger partial charge is 0.489 e. The summed E-state index contributed by atoms with van der Waals surface area (Å²) in [7, 11) is 0. The number of halogens is 2. The second-order valence-corrected chi connectivity index (χ2v) is 7.66. The van der Waals surface area contributed by atoms with Gasteiger partial charge in [0.2, 0.25) is 5.71 Å². The Kier molecular flexibility index (Phi) is 6.48. The van der Waals surface area contributed by atoms with Crippen LogP contribution in [0, 0.1) is 6.92 Å². The molecule has 2 heterocycles. The van der Waals surface area contributed by atoms with Crippen molar-refractivity contribution in [3.63, 3.8) is 0 Å². The molecule has 0 amide bonds. The molecule has 0 atom stereocenters. The number of carbonyl (C=O) groups excluding carboxylic acids is 1. The van der Waals surface area contributed by atoms with Crippen molar-refractivity contribution in [3.8, 4) is 5.75 Å². The molecule has 0 saturated carbocycles. The van der Waals surface area contributed by atoms with Gasteiger partial charge in [0.1, 0.15) is 35.8 Å². The number of aryl methyl sites for hydroxylation is 1. The highest BCUT2D eigenvalue weighted by Gasteiger charge is 2.23. The van der Waals surface area contributed by atoms with E-state index in [4.69, 9.17) is 37.1 Å². The van der Waals surface area contributed by atoms with E-state index in [1.54, 1.807) is 26.0 Å². The first-order valence-electron chi connectivity index (χ1n) is 9.81. The van der Waals surface area contributed by atoms with E-state index in [1.807, 2.05) is 30.3 Å². The maximum absolute atomic E-state index is 12.4. The van der Waals surface area contributed by atoms with Crippen LogP contribution in [0.1, 0.15) is 28.6 Å². The van der Waals surface area contributed by atoms with Crippen LogP contribution < -0.4 is 10.1 Å². The Morgan fingerprint density at radius 2 is 1.88 bits per heavy atom. The number of aromatic nitrogens is 2. The Bertz CT molecular complexity index is 1270. The van der Waals surface area contributed by atoms with Crippen LogP contribution in [0.5, 0.6) is 5.75 Å². The molecule has 0 aliphatic rings. The van der Waals surface area contributed by atoms with Gasteiger partial charge in [-0.05, 0) is 55.8 Å². The van der Waals surface area contributed by atoms with Gasteiger partial charge in [0.25, 0.3) is 0 Å². The van der Waals surface area contributed by atoms with Gasteiger partial charge in [-0.2, -0.15) is 0 Å². The van der Waals surface area contributed by atoms with E-state index in [2.05, 4.69) is 15.3 Å². The van der Waals surface area contributed by atoms with Crippen LogP contribution in [-0.2, 0) is 11.3 Å². The normalized spacial score (nSPS) is 10.9. The fourth-order valence-corrected chi connectivity index (χ4v) is 3.48. The van der Waals surface area contributed by atoms with Gasteiger partial charge in [-0.1, -0.05) is 29.3 Å². The number of nitrogens with one attached hydrogen (secondary N) is 1. The monoisotopic (exact) mass is 471 g/mol. The highest BCUT2D eigenvalue weighted by atomic mass is 35.5. The third kappa shape index (κ3) is 4.64. The van der Waals surface area contributed by atoms with E-state index in [-0.39, 0.29) is 6.61 Å². The lowest BCUT2D eigenvalue weighted by Crippen LogP contribution is -2.06. The van der Waals surface area contributed by atoms with E-state index >= 15 is 0 Å². The summed E-state index contributed by atoms with van der Waals surface area (Å²) >= 11 is 12.0. The van der Waals surface area contributed by atoms with Gasteiger partial charge in [0.15, 0.2) is 0 Å². The average Bonchev–Trinajstić information content (AvgIpc) is 3.12. The predicted octanol–water partition coefficient (Wildman–Crippen LogP) is 6.34. The zero-order valence-electron chi connectivity index (χ0n) is 17.3. The summed E-state index contributed by atoms with van der Waals surface area (Å²) in [5.74, 6) is 1.07. The lowest BCUT2D eigenvalue weighted by atomic mass is 10.2. The molecule has 32 heavy (non-hydrogen) atoms. The molecular weight excluding hydrogens is 453 g/mol. The molecule has 7 nitrogen and oxygen atoms in total. The molecule has 1 N–H and O–H groups in total. The van der Waals surface area contributed by atoms with E-state index < -0.39 is 5.97 Å². The van der Waals surface area contributed by atoms with Crippen LogP contribution in [0.15, 0.2) is 53.2 Å². The van der Waals surface area contributed by atoms with Crippen molar-refractivity contribution in [2.45, 2.75) is 20.5 Å². The molecule has 2 aromatic carbocycles. The number of nitrogens with zero attached hydrogens (tertiary/aromatic N) is 2. The summed E-state index contributed by atoms with van der Waals surface area (Å²) in [5.41, 5.74) is 2.28. The standard InChI is InChI=1S/C23H19Cl2N3O4/c1-3-30-23(29)19-13(2)32-22-20(19)21(26-12-27-22)28-15-5-7-16(8-6-15)31-11-14-4-9-17(24)18(25)10-14/h4-10,12H,3,11H2,1-2H3,(H,26,27,28). The van der Waals surface area contributed by atoms with Gasteiger partial charge < -0.3 is 19.2 Å². The number of furan rings is 1. The van der Waals surface area contributed by atoms with Gasteiger partial charge in [-0.25, -0.2) is 14.8 Å². The summed E-state index contributed by atoms with van der Waals surface area (Å²) in [4.78, 5) is 20.8. The van der Waals surface area contributed by atoms with Crippen molar-refractivity contribution in [3.05, 3.63) is 75.7 Å². The molecule has 0 aliphatic heterocycles. The predicted molar refractivity (Wildman–Crippen MR) is 123 cm³/mol. The molecule has 0 aliphatic carbocycles. The molecule has 0 bridgehead atoms. The van der Waals surface area contributed by atoms with E-state index in [0.717, 1.165) is 11.3 Å². The minimum absolute atomic E-state index is 0.255. The molecule has 0 saturated heterocycles. The molecule has 164 valence electrons. The molecule has 2 aromatic heterocycles. The molecule has 0 radical (unpaired) electrons. The molecule has 0 fully saturated rings. The molecule has 0 unspecified atom stereocenters. The number of anilines is 2. The Balaban J connectivity index is 1.52. The SMILES string of the molecule is CCOC(=O)c1c(C)oc2ncnc(Nc3ccc(OCc4ccc(Cl)c(Cl)c4)cc3)c12. The molecular formula is C23H19Cl2N3O4. The Labute approximate surface area is 194 Å². The molecule has 4 rings (SSSR count). The van der Waals surface area contributed by atoms with Crippen molar-refractivity contribution in [1.29, 1.82) is 0 Å². The van der Waals surface area contributed by atoms with Crippen molar-refractivity contribution in [2.75, 3.05) is 11.9 Å². The number of hydrogen-bond acceptors (Lipinski definition) is 7. The van der Waals surface area contributed by atoms with Crippen LogP contribution in [0.2, 0.25) is 10.0 Å². The fraction of sp³-hybridized carbons (Fsp3) is 0.174. The van der Waals surface area contributed by atoms with Crippen LogP contribution in [-0.4, -0.2) is 22.5 Å². The number of ether oxygens (including phenoxy) is 2. The third-order valence-corrected chi connectivity index (χ3v) is 5.39. The number of benzene rings is 2. The minimum Gasteiger partial charge on any atom is -0.489 e. The van der Waals surface area contributed by atoms with Gasteiger partial charge in [0.05, 0.1) is 22.0 Å². The number of esters is 1. The molecule has 4 aromatic rings. The van der Waals surface area contributed by atoms with Crippen LogP contribution in [0.3, 0.4) is 0 Å². The smallest absolute Gasteiger partial charge is 0.342 e. The quantitative estimate of drug-likeness (QED) is 0.314. The van der Waals surface area contributed by atoms with Crippen LogP contribution in [0.4, 0.5) is 11.5 Å². The summed E-state index contributed by atoms with van der Waals surface area (Å²) in [6.45, 7) is 4.05. The first-order valence-corrected chi connectivity index (χ1v) is 10.6. The maximum Gasteiger partial charge on any atom is 0.342 e. The topological polar surface area (TPSA) is 86.5 Å². The molecule has 9 heteroatoms. The maximum atomic E-state index is 12.4. The fourth-order valence-electron chi connectivity index (χ4n) is 3.16. The van der Waals surface area contributed by atoms with E-state index in [1.165, 1.54) is 6.33 Å². The van der Waals surface area contributed by atoms with Gasteiger partial charge in [0, 0.05) is 5.69 Å². The molecule has 0 spiro atoms. The van der Waals surface area contributed by atoms with Crippen molar-refractivity contribution >= 4 is 51.8 Å². The summed E-state index contributed by atoms with van der Waals surface area (Å²) in [5, 5.41) is 4.67. The number of carbonyl (C=O) groups is 1. The lowest BCUT2D eigenvalue weighted by molar-refractivity contribution is 0.0526. The zero-order valence-corrected chi connectivity index (χ0v) is 18.8. The first kappa shape index (κ1) is 21.9.